The highest BCUT2D eigenvalue weighted by molar-refractivity contribution is 8.00. The van der Waals surface area contributed by atoms with E-state index in [1.165, 1.54) is 0 Å². The minimum atomic E-state index is -0.00990. The van der Waals surface area contributed by atoms with Gasteiger partial charge in [-0.1, -0.05) is 0 Å². The van der Waals surface area contributed by atoms with Crippen LogP contribution in [0, 0.1) is 6.92 Å². The Morgan fingerprint density at radius 2 is 2.17 bits per heavy atom. The van der Waals surface area contributed by atoms with Crippen molar-refractivity contribution < 1.29 is 4.79 Å². The molecular formula is C12H12N4OS. The topological polar surface area (TPSA) is 70.7 Å². The minimum absolute atomic E-state index is 0.00990. The summed E-state index contributed by atoms with van der Waals surface area (Å²) < 4.78 is 0. The average molecular weight is 260 g/mol. The third-order valence-corrected chi connectivity index (χ3v) is 4.17. The molecule has 0 fully saturated rings. The predicted molar refractivity (Wildman–Crippen MR) is 70.5 cm³/mol. The molecule has 1 atom stereocenters. The molecular weight excluding hydrogens is 248 g/mol. The SMILES string of the molecule is Cc1[nH]nc2c1[C@H](c1ccncc1)SCC(=O)N2. The molecule has 6 heteroatoms. The molecule has 0 radical (unpaired) electrons. The standard InChI is InChI=1S/C12H12N4OS/c1-7-10-11(8-2-4-13-5-3-8)18-6-9(17)14-12(10)16-15-7/h2-5,11H,6H2,1H3,(H2,14,15,16,17)/t11-/m0/s1. The van der Waals surface area contributed by atoms with Crippen molar-refractivity contribution in [2.24, 2.45) is 0 Å². The quantitative estimate of drug-likeness (QED) is 0.821. The Labute approximate surface area is 108 Å². The van der Waals surface area contributed by atoms with E-state index in [-0.39, 0.29) is 11.2 Å². The molecule has 3 rings (SSSR count). The third kappa shape index (κ3) is 1.88. The summed E-state index contributed by atoms with van der Waals surface area (Å²) in [5.74, 6) is 1.07. The van der Waals surface area contributed by atoms with Crippen molar-refractivity contribution in [3.8, 4) is 0 Å². The van der Waals surface area contributed by atoms with Gasteiger partial charge in [0.2, 0.25) is 5.91 Å². The Hall–Kier alpha value is -1.82. The van der Waals surface area contributed by atoms with E-state index in [2.05, 4.69) is 20.5 Å². The molecule has 0 saturated heterocycles. The van der Waals surface area contributed by atoms with Crippen LogP contribution in [0.2, 0.25) is 0 Å². The number of amides is 1. The lowest BCUT2D eigenvalue weighted by Crippen LogP contribution is -2.12. The number of hydrogen-bond acceptors (Lipinski definition) is 4. The van der Waals surface area contributed by atoms with Crippen LogP contribution in [0.15, 0.2) is 24.5 Å². The summed E-state index contributed by atoms with van der Waals surface area (Å²) in [5.41, 5.74) is 3.18. The number of nitrogens with zero attached hydrogens (tertiary/aromatic N) is 2. The van der Waals surface area contributed by atoms with Gasteiger partial charge in [-0.2, -0.15) is 5.10 Å². The number of carbonyl (C=O) groups is 1. The summed E-state index contributed by atoms with van der Waals surface area (Å²) in [6.45, 7) is 1.97. The first-order chi connectivity index (χ1) is 8.75. The van der Waals surface area contributed by atoms with Crippen molar-refractivity contribution in [1.29, 1.82) is 0 Å². The zero-order chi connectivity index (χ0) is 12.5. The Kier molecular flexibility index (Phi) is 2.79. The number of thioether (sulfide) groups is 1. The van der Waals surface area contributed by atoms with Crippen LogP contribution in [0.4, 0.5) is 5.82 Å². The molecule has 2 aromatic heterocycles. The molecule has 0 bridgehead atoms. The van der Waals surface area contributed by atoms with E-state index in [4.69, 9.17) is 0 Å². The molecule has 2 N–H and O–H groups in total. The van der Waals surface area contributed by atoms with Crippen molar-refractivity contribution in [3.63, 3.8) is 0 Å². The van der Waals surface area contributed by atoms with Crippen LogP contribution in [0.25, 0.3) is 0 Å². The van der Waals surface area contributed by atoms with E-state index in [9.17, 15) is 4.79 Å². The third-order valence-electron chi connectivity index (χ3n) is 2.90. The number of aromatic amines is 1. The number of carbonyl (C=O) groups excluding carboxylic acids is 1. The molecule has 1 amide bonds. The first kappa shape index (κ1) is 11.3. The first-order valence-electron chi connectivity index (χ1n) is 5.62. The maximum Gasteiger partial charge on any atom is 0.235 e. The lowest BCUT2D eigenvalue weighted by molar-refractivity contribution is -0.113. The molecule has 0 saturated carbocycles. The second kappa shape index (κ2) is 4.45. The van der Waals surface area contributed by atoms with Gasteiger partial charge in [-0.3, -0.25) is 14.9 Å². The fourth-order valence-corrected chi connectivity index (χ4v) is 3.26. The lowest BCUT2D eigenvalue weighted by Gasteiger charge is -2.14. The van der Waals surface area contributed by atoms with E-state index in [0.29, 0.717) is 11.6 Å². The first-order valence-corrected chi connectivity index (χ1v) is 6.67. The molecule has 0 spiro atoms. The number of anilines is 1. The number of H-pyrrole nitrogens is 1. The number of rotatable bonds is 1. The molecule has 1 aliphatic heterocycles. The van der Waals surface area contributed by atoms with Crippen molar-refractivity contribution in [3.05, 3.63) is 41.3 Å². The molecule has 3 heterocycles. The molecule has 0 unspecified atom stereocenters. The molecule has 92 valence electrons. The van der Waals surface area contributed by atoms with Gasteiger partial charge < -0.3 is 5.32 Å². The maximum atomic E-state index is 11.6. The molecule has 2 aromatic rings. The molecule has 18 heavy (non-hydrogen) atoms. The van der Waals surface area contributed by atoms with E-state index in [1.807, 2.05) is 19.1 Å². The summed E-state index contributed by atoms with van der Waals surface area (Å²) in [4.78, 5) is 15.7. The zero-order valence-corrected chi connectivity index (χ0v) is 10.6. The van der Waals surface area contributed by atoms with Crippen molar-refractivity contribution in [1.82, 2.24) is 15.2 Å². The fourth-order valence-electron chi connectivity index (χ4n) is 2.07. The van der Waals surface area contributed by atoms with E-state index < -0.39 is 0 Å². The van der Waals surface area contributed by atoms with Gasteiger partial charge in [0.05, 0.1) is 11.0 Å². The van der Waals surface area contributed by atoms with Gasteiger partial charge >= 0.3 is 0 Å². The van der Waals surface area contributed by atoms with Gasteiger partial charge in [-0.05, 0) is 24.6 Å². The monoisotopic (exact) mass is 260 g/mol. The van der Waals surface area contributed by atoms with Crippen molar-refractivity contribution in [2.75, 3.05) is 11.1 Å². The van der Waals surface area contributed by atoms with Gasteiger partial charge in [-0.25, -0.2) is 0 Å². The van der Waals surface area contributed by atoms with Crippen LogP contribution in [-0.4, -0.2) is 26.8 Å². The Bertz CT molecular complexity index is 581. The van der Waals surface area contributed by atoms with Gasteiger partial charge in [0.15, 0.2) is 5.82 Å². The van der Waals surface area contributed by atoms with E-state index in [1.54, 1.807) is 24.2 Å². The lowest BCUT2D eigenvalue weighted by atomic mass is 10.1. The number of pyridine rings is 1. The van der Waals surface area contributed by atoms with Gasteiger partial charge in [-0.15, -0.1) is 11.8 Å². The predicted octanol–water partition coefficient (Wildman–Crippen LogP) is 1.89. The zero-order valence-electron chi connectivity index (χ0n) is 9.80. The largest absolute Gasteiger partial charge is 0.308 e. The second-order valence-corrected chi connectivity index (χ2v) is 5.22. The smallest absolute Gasteiger partial charge is 0.235 e. The van der Waals surface area contributed by atoms with Crippen molar-refractivity contribution >= 4 is 23.5 Å². The molecule has 0 aromatic carbocycles. The normalized spacial score (nSPS) is 18.9. The molecule has 1 aliphatic rings. The van der Waals surface area contributed by atoms with Crippen LogP contribution in [-0.2, 0) is 4.79 Å². The minimum Gasteiger partial charge on any atom is -0.308 e. The Morgan fingerprint density at radius 3 is 2.94 bits per heavy atom. The number of aryl methyl sites for hydroxylation is 1. The van der Waals surface area contributed by atoms with Crippen LogP contribution < -0.4 is 5.32 Å². The fraction of sp³-hybridized carbons (Fsp3) is 0.250. The van der Waals surface area contributed by atoms with E-state index >= 15 is 0 Å². The number of fused-ring (bicyclic) bond motifs is 1. The van der Waals surface area contributed by atoms with Crippen LogP contribution >= 0.6 is 11.8 Å². The van der Waals surface area contributed by atoms with Gasteiger partial charge in [0.1, 0.15) is 0 Å². The summed E-state index contributed by atoms with van der Waals surface area (Å²) in [6, 6.07) is 3.95. The van der Waals surface area contributed by atoms with Crippen LogP contribution in [0.1, 0.15) is 22.1 Å². The van der Waals surface area contributed by atoms with E-state index in [0.717, 1.165) is 16.8 Å². The summed E-state index contributed by atoms with van der Waals surface area (Å²) in [5, 5.41) is 10.0. The average Bonchev–Trinajstić information content (AvgIpc) is 2.65. The maximum absolute atomic E-state index is 11.6. The van der Waals surface area contributed by atoms with Gasteiger partial charge in [0, 0.05) is 23.7 Å². The van der Waals surface area contributed by atoms with Crippen LogP contribution in [0.3, 0.4) is 0 Å². The highest BCUT2D eigenvalue weighted by Gasteiger charge is 2.27. The van der Waals surface area contributed by atoms with Crippen LogP contribution in [0.5, 0.6) is 0 Å². The van der Waals surface area contributed by atoms with Crippen molar-refractivity contribution in [2.45, 2.75) is 12.2 Å². The summed E-state index contributed by atoms with van der Waals surface area (Å²) in [6.07, 6.45) is 3.54. The molecule has 5 nitrogen and oxygen atoms in total. The number of nitrogens with one attached hydrogen (secondary N) is 2. The second-order valence-electron chi connectivity index (χ2n) is 4.13. The Morgan fingerprint density at radius 1 is 1.39 bits per heavy atom. The number of hydrogen-bond donors (Lipinski definition) is 2. The van der Waals surface area contributed by atoms with Gasteiger partial charge in [0.25, 0.3) is 0 Å². The summed E-state index contributed by atoms with van der Waals surface area (Å²) >= 11 is 1.61. The Balaban J connectivity index is 2.10. The summed E-state index contributed by atoms with van der Waals surface area (Å²) in [7, 11) is 0. The number of aromatic nitrogens is 3. The highest BCUT2D eigenvalue weighted by Crippen LogP contribution is 2.41. The molecule has 0 aliphatic carbocycles. The highest BCUT2D eigenvalue weighted by atomic mass is 32.2.